The number of nitrogens with zero attached hydrogens (tertiary/aromatic N) is 2. The van der Waals surface area contributed by atoms with E-state index < -0.39 is 0 Å². The van der Waals surface area contributed by atoms with E-state index in [1.54, 1.807) is 0 Å². The van der Waals surface area contributed by atoms with Crippen LogP contribution in [0, 0.1) is 0 Å². The minimum absolute atomic E-state index is 1.09. The molecule has 0 fully saturated rings. The Morgan fingerprint density at radius 1 is 0.283 bits per heavy atom. The van der Waals surface area contributed by atoms with E-state index in [-0.39, 0.29) is 0 Å². The lowest BCUT2D eigenvalue weighted by Crippen LogP contribution is -2.10. The molecule has 0 radical (unpaired) electrons. The van der Waals surface area contributed by atoms with E-state index in [2.05, 4.69) is 252 Å². The lowest BCUT2D eigenvalue weighted by molar-refractivity contribution is 1.18. The molecule has 0 amide bonds. The maximum atomic E-state index is 2.39. The highest BCUT2D eigenvalue weighted by atomic mass is 15.1. The molecule has 11 aromatic rings. The summed E-state index contributed by atoms with van der Waals surface area (Å²) >= 11 is 0. The van der Waals surface area contributed by atoms with Gasteiger partial charge < -0.3 is 9.47 Å². The number of hydrogen-bond acceptors (Lipinski definition) is 1. The molecule has 60 heavy (non-hydrogen) atoms. The smallest absolute Gasteiger partial charge is 0.0547 e. The second kappa shape index (κ2) is 15.1. The standard InChI is InChI=1S/C58H40N2/c1-3-17-41(18-4-1)42-35-37-47(38-36-42)59(48-25-13-21-44(39-48)51-31-15-20-43-19-7-8-27-50(43)51)49-26-14-22-45(40-49)52-28-9-10-29-53(52)54-32-16-34-57-58(54)55-30-11-12-33-56(55)60(57)46-23-5-2-6-24-46/h1-40H. The van der Waals surface area contributed by atoms with Crippen LogP contribution in [0.4, 0.5) is 17.1 Å². The van der Waals surface area contributed by atoms with E-state index in [9.17, 15) is 0 Å². The highest BCUT2D eigenvalue weighted by Crippen LogP contribution is 2.44. The highest BCUT2D eigenvalue weighted by Gasteiger charge is 2.20. The van der Waals surface area contributed by atoms with Gasteiger partial charge in [-0.25, -0.2) is 0 Å². The topological polar surface area (TPSA) is 8.17 Å². The Balaban J connectivity index is 1.07. The normalized spacial score (nSPS) is 11.3. The number of anilines is 3. The lowest BCUT2D eigenvalue weighted by Gasteiger charge is -2.27. The second-order valence-electron chi connectivity index (χ2n) is 15.3. The zero-order valence-electron chi connectivity index (χ0n) is 33.0. The molecule has 0 saturated carbocycles. The first-order valence-corrected chi connectivity index (χ1v) is 20.6. The fourth-order valence-corrected chi connectivity index (χ4v) is 9.05. The number of hydrogen-bond donors (Lipinski definition) is 0. The molecular weight excluding hydrogens is 725 g/mol. The van der Waals surface area contributed by atoms with Crippen molar-refractivity contribution in [3.05, 3.63) is 243 Å². The Hall–Kier alpha value is -7.94. The summed E-state index contributed by atoms with van der Waals surface area (Å²) in [6.07, 6.45) is 0. The molecule has 10 aromatic carbocycles. The SMILES string of the molecule is c1ccc(-c2ccc(N(c3cccc(-c4ccccc4-c4cccc5c4c4ccccc4n5-c4ccccc4)c3)c3cccc(-c4cccc5ccccc45)c3)cc2)cc1. The van der Waals surface area contributed by atoms with Crippen LogP contribution < -0.4 is 4.90 Å². The fourth-order valence-electron chi connectivity index (χ4n) is 9.05. The van der Waals surface area contributed by atoms with Crippen LogP contribution in [0.25, 0.3) is 82.8 Å². The van der Waals surface area contributed by atoms with E-state index >= 15 is 0 Å². The minimum atomic E-state index is 1.09. The van der Waals surface area contributed by atoms with Crippen LogP contribution in [0.3, 0.4) is 0 Å². The van der Waals surface area contributed by atoms with Crippen molar-refractivity contribution in [3.63, 3.8) is 0 Å². The first-order chi connectivity index (χ1) is 29.8. The molecule has 2 nitrogen and oxygen atoms in total. The van der Waals surface area contributed by atoms with Gasteiger partial charge in [-0.05, 0) is 116 Å². The highest BCUT2D eigenvalue weighted by molar-refractivity contribution is 6.16. The van der Waals surface area contributed by atoms with Gasteiger partial charge in [0.2, 0.25) is 0 Å². The Morgan fingerprint density at radius 2 is 0.783 bits per heavy atom. The summed E-state index contributed by atoms with van der Waals surface area (Å²) in [4.78, 5) is 2.39. The molecule has 2 heteroatoms. The Morgan fingerprint density at radius 3 is 1.55 bits per heavy atom. The van der Waals surface area contributed by atoms with Gasteiger partial charge in [-0.15, -0.1) is 0 Å². The third kappa shape index (κ3) is 6.23. The average molecular weight is 765 g/mol. The minimum Gasteiger partial charge on any atom is -0.310 e. The van der Waals surface area contributed by atoms with Gasteiger partial charge in [0.15, 0.2) is 0 Å². The lowest BCUT2D eigenvalue weighted by atomic mass is 9.91. The van der Waals surface area contributed by atoms with Gasteiger partial charge in [0.05, 0.1) is 11.0 Å². The molecule has 1 aromatic heterocycles. The van der Waals surface area contributed by atoms with E-state index in [0.29, 0.717) is 0 Å². The van der Waals surface area contributed by atoms with Crippen molar-refractivity contribution in [1.29, 1.82) is 0 Å². The van der Waals surface area contributed by atoms with Gasteiger partial charge in [-0.3, -0.25) is 0 Å². The monoisotopic (exact) mass is 764 g/mol. The predicted molar refractivity (Wildman–Crippen MR) is 255 cm³/mol. The summed E-state index contributed by atoms with van der Waals surface area (Å²) in [5, 5.41) is 4.98. The third-order valence-electron chi connectivity index (χ3n) is 11.8. The molecule has 0 unspecified atom stereocenters. The number of fused-ring (bicyclic) bond motifs is 4. The molecule has 0 atom stereocenters. The second-order valence-corrected chi connectivity index (χ2v) is 15.3. The van der Waals surface area contributed by atoms with Gasteiger partial charge >= 0.3 is 0 Å². The molecule has 0 spiro atoms. The molecule has 0 aliphatic heterocycles. The molecule has 0 saturated heterocycles. The summed E-state index contributed by atoms with van der Waals surface area (Å²) in [6.45, 7) is 0. The van der Waals surface area contributed by atoms with Gasteiger partial charge in [0.1, 0.15) is 0 Å². The van der Waals surface area contributed by atoms with E-state index in [4.69, 9.17) is 0 Å². The zero-order valence-corrected chi connectivity index (χ0v) is 33.0. The summed E-state index contributed by atoms with van der Waals surface area (Å²) in [5.74, 6) is 0. The van der Waals surface area contributed by atoms with Crippen molar-refractivity contribution >= 4 is 49.6 Å². The van der Waals surface area contributed by atoms with Crippen LogP contribution in [0.1, 0.15) is 0 Å². The van der Waals surface area contributed by atoms with E-state index in [1.807, 2.05) is 0 Å². The Kier molecular flexibility index (Phi) is 8.87. The van der Waals surface area contributed by atoms with Crippen molar-refractivity contribution < 1.29 is 0 Å². The molecule has 0 bridgehead atoms. The Labute approximate surface area is 350 Å². The summed E-state index contributed by atoms with van der Waals surface area (Å²) < 4.78 is 2.39. The van der Waals surface area contributed by atoms with E-state index in [0.717, 1.165) is 28.3 Å². The van der Waals surface area contributed by atoms with Crippen LogP contribution in [0.2, 0.25) is 0 Å². The fraction of sp³-hybridized carbons (Fsp3) is 0. The molecule has 0 N–H and O–H groups in total. The summed E-state index contributed by atoms with van der Waals surface area (Å²) in [7, 11) is 0. The van der Waals surface area contributed by atoms with E-state index in [1.165, 1.54) is 71.5 Å². The first-order valence-electron chi connectivity index (χ1n) is 20.6. The van der Waals surface area contributed by atoms with Crippen molar-refractivity contribution in [2.45, 2.75) is 0 Å². The van der Waals surface area contributed by atoms with Crippen molar-refractivity contribution in [1.82, 2.24) is 4.57 Å². The van der Waals surface area contributed by atoms with Gasteiger partial charge in [0.25, 0.3) is 0 Å². The van der Waals surface area contributed by atoms with Crippen LogP contribution >= 0.6 is 0 Å². The largest absolute Gasteiger partial charge is 0.310 e. The molecule has 282 valence electrons. The number of aromatic nitrogens is 1. The van der Waals surface area contributed by atoms with Crippen molar-refractivity contribution in [3.8, 4) is 50.2 Å². The van der Waals surface area contributed by atoms with Crippen LogP contribution in [-0.4, -0.2) is 4.57 Å². The third-order valence-corrected chi connectivity index (χ3v) is 11.8. The molecular formula is C58H40N2. The molecule has 1 heterocycles. The molecule has 0 aliphatic carbocycles. The number of rotatable bonds is 8. The van der Waals surface area contributed by atoms with Crippen molar-refractivity contribution in [2.75, 3.05) is 4.90 Å². The molecule has 0 aliphatic rings. The molecule has 11 rings (SSSR count). The van der Waals surface area contributed by atoms with Crippen LogP contribution in [0.15, 0.2) is 243 Å². The van der Waals surface area contributed by atoms with Crippen LogP contribution in [-0.2, 0) is 0 Å². The maximum absolute atomic E-state index is 2.39. The van der Waals surface area contributed by atoms with Gasteiger partial charge in [-0.1, -0.05) is 182 Å². The average Bonchev–Trinajstić information content (AvgIpc) is 3.67. The Bertz CT molecular complexity index is 3300. The predicted octanol–water partition coefficient (Wildman–Crippen LogP) is 16.1. The summed E-state index contributed by atoms with van der Waals surface area (Å²) in [5.41, 5.74) is 16.4. The quantitative estimate of drug-likeness (QED) is 0.150. The first kappa shape index (κ1) is 35.2. The summed E-state index contributed by atoms with van der Waals surface area (Å²) in [6, 6.07) is 87.9. The van der Waals surface area contributed by atoms with Crippen LogP contribution in [0.5, 0.6) is 0 Å². The number of para-hydroxylation sites is 2. The van der Waals surface area contributed by atoms with Gasteiger partial charge in [-0.2, -0.15) is 0 Å². The maximum Gasteiger partial charge on any atom is 0.0547 e. The van der Waals surface area contributed by atoms with Gasteiger partial charge in [0, 0.05) is 33.5 Å². The van der Waals surface area contributed by atoms with Crippen molar-refractivity contribution in [2.24, 2.45) is 0 Å². The zero-order chi connectivity index (χ0) is 39.8. The number of benzene rings is 10.